The molecule has 0 N–H and O–H groups in total. The van der Waals surface area contributed by atoms with Crippen LogP contribution in [0.3, 0.4) is 0 Å². The normalized spacial score (nSPS) is 13.8. The maximum Gasteiger partial charge on any atom is 0.285 e. The Morgan fingerprint density at radius 1 is 0.650 bits per heavy atom. The minimum atomic E-state index is -2.44. The first-order chi connectivity index (χ1) is 8.54. The summed E-state index contributed by atoms with van der Waals surface area (Å²) in [7, 11) is 9.15. The van der Waals surface area contributed by atoms with Crippen LogP contribution < -0.4 is 0 Å². The van der Waals surface area contributed by atoms with Gasteiger partial charge in [-0.2, -0.15) is 0 Å². The highest BCUT2D eigenvalue weighted by Gasteiger charge is 2.30. The fourth-order valence-corrected chi connectivity index (χ4v) is 28.0. The van der Waals surface area contributed by atoms with Gasteiger partial charge in [0.05, 0.1) is 0 Å². The van der Waals surface area contributed by atoms with Crippen LogP contribution in [0.2, 0.25) is 39.3 Å². The predicted molar refractivity (Wildman–Crippen MR) is 103 cm³/mol. The van der Waals surface area contributed by atoms with Crippen molar-refractivity contribution in [3.05, 3.63) is 0 Å². The maximum absolute atomic E-state index is 12.1. The molecule has 8 heteroatoms. The van der Waals surface area contributed by atoms with Crippen molar-refractivity contribution in [1.82, 2.24) is 14.0 Å². The van der Waals surface area contributed by atoms with Gasteiger partial charge in [-0.1, -0.05) is 39.3 Å². The van der Waals surface area contributed by atoms with Gasteiger partial charge in [0.1, 0.15) is 14.4 Å². The highest BCUT2D eigenvalue weighted by Crippen LogP contribution is 2.50. The van der Waals surface area contributed by atoms with Crippen LogP contribution in [0.15, 0.2) is 0 Å². The molecule has 0 aliphatic heterocycles. The van der Waals surface area contributed by atoms with Crippen LogP contribution in [-0.2, 0) is 4.57 Å². The second-order valence-corrected chi connectivity index (χ2v) is 29.3. The molecule has 0 aromatic heterocycles. The summed E-state index contributed by atoms with van der Waals surface area (Å²) in [6.07, 6.45) is 0. The van der Waals surface area contributed by atoms with Gasteiger partial charge in [-0.05, 0) is 42.3 Å². The van der Waals surface area contributed by atoms with E-state index in [1.54, 1.807) is 14.0 Å². The van der Waals surface area contributed by atoms with Crippen LogP contribution in [0.1, 0.15) is 0 Å². The highest BCUT2D eigenvalue weighted by molar-refractivity contribution is 8.49. The third kappa shape index (κ3) is 9.76. The molecule has 0 radical (unpaired) electrons. The average molecular weight is 358 g/mol. The van der Waals surface area contributed by atoms with E-state index in [1.165, 1.54) is 0 Å². The van der Waals surface area contributed by atoms with E-state index < -0.39 is 22.0 Å². The van der Waals surface area contributed by atoms with Crippen molar-refractivity contribution < 1.29 is 4.57 Å². The van der Waals surface area contributed by atoms with Crippen molar-refractivity contribution >= 4 is 32.7 Å². The molecule has 0 unspecified atom stereocenters. The van der Waals surface area contributed by atoms with Crippen LogP contribution in [0.25, 0.3) is 0 Å². The molecule has 0 saturated heterocycles. The number of hydrogen-bond acceptors (Lipinski definition) is 2. The molecule has 0 rings (SSSR count). The Balaban J connectivity index is 0. The summed E-state index contributed by atoms with van der Waals surface area (Å²) in [5, 5.41) is 0. The Kier molecular flexibility index (Phi) is 9.85. The molecular weight excluding hydrogens is 321 g/mol. The Morgan fingerprint density at radius 3 is 0.850 bits per heavy atom. The molecule has 124 valence electrons. The number of rotatable bonds is 5. The van der Waals surface area contributed by atoms with Crippen molar-refractivity contribution in [2.45, 2.75) is 39.3 Å². The van der Waals surface area contributed by atoms with E-state index in [1.807, 2.05) is 42.3 Å². The zero-order chi connectivity index (χ0) is 16.9. The monoisotopic (exact) mass is 357 g/mol. The molecule has 0 fully saturated rings. The first-order valence-electron chi connectivity index (χ1n) is 6.87. The predicted octanol–water partition coefficient (Wildman–Crippen LogP) is 4.17. The Hall–Kier alpha value is 0.894. The van der Waals surface area contributed by atoms with Gasteiger partial charge in [-0.3, -0.25) is 4.57 Å². The van der Waals surface area contributed by atoms with E-state index in [4.69, 9.17) is 0 Å². The fraction of sp³-hybridized carbons (Fsp3) is 1.00. The summed E-state index contributed by atoms with van der Waals surface area (Å²) >= 11 is 0. The van der Waals surface area contributed by atoms with E-state index in [9.17, 15) is 4.57 Å². The van der Waals surface area contributed by atoms with E-state index >= 15 is 0 Å². The van der Waals surface area contributed by atoms with Gasteiger partial charge in [0.25, 0.3) is 7.59 Å². The largest absolute Gasteiger partial charge is 0.285 e. The standard InChI is InChI=1S/C6H18N3OP.C6H18SSi2/c1-7(2)11(10,8(3)4)9(5)6;1-8(2,3)7-9(4,5)6/h1-6H3;1-6H3. The van der Waals surface area contributed by atoms with Gasteiger partial charge < -0.3 is 0 Å². The molecule has 0 amide bonds. The van der Waals surface area contributed by atoms with Crippen LogP contribution in [-0.4, -0.2) is 70.7 Å². The van der Waals surface area contributed by atoms with Crippen molar-refractivity contribution in [2.24, 2.45) is 0 Å². The van der Waals surface area contributed by atoms with Gasteiger partial charge in [-0.25, -0.2) is 24.7 Å². The molecule has 4 nitrogen and oxygen atoms in total. The molecule has 0 aliphatic rings. The Bertz CT molecular complexity index is 285. The zero-order valence-electron chi connectivity index (χ0n) is 15.6. The third-order valence-electron chi connectivity index (χ3n) is 2.18. The van der Waals surface area contributed by atoms with Gasteiger partial charge in [-0.15, -0.1) is 0 Å². The summed E-state index contributed by atoms with van der Waals surface area (Å²) in [6.45, 7) is 14.6. The van der Waals surface area contributed by atoms with E-state index in [0.29, 0.717) is 0 Å². The fourth-order valence-electron chi connectivity index (χ4n) is 1.99. The average Bonchev–Trinajstić information content (AvgIpc) is 2.09. The van der Waals surface area contributed by atoms with Crippen molar-refractivity contribution in [3.8, 4) is 0 Å². The summed E-state index contributed by atoms with van der Waals surface area (Å²) in [5.74, 6) is 0. The molecule has 0 aromatic carbocycles. The van der Waals surface area contributed by atoms with E-state index in [2.05, 4.69) is 49.9 Å². The van der Waals surface area contributed by atoms with E-state index in [0.717, 1.165) is 0 Å². The smallest absolute Gasteiger partial charge is 0.270 e. The number of hydrogen-bond donors (Lipinski definition) is 0. The second-order valence-electron chi connectivity index (χ2n) is 7.38. The van der Waals surface area contributed by atoms with Crippen LogP contribution in [0.4, 0.5) is 0 Å². The quantitative estimate of drug-likeness (QED) is 0.544. The molecule has 0 bridgehead atoms. The minimum absolute atomic E-state index is 0.814. The van der Waals surface area contributed by atoms with Crippen LogP contribution in [0, 0.1) is 0 Å². The van der Waals surface area contributed by atoms with Gasteiger partial charge >= 0.3 is 0 Å². The lowest BCUT2D eigenvalue weighted by Gasteiger charge is -2.34. The summed E-state index contributed by atoms with van der Waals surface area (Å²) in [5.41, 5.74) is 0. The molecule has 0 saturated carbocycles. The Labute approximate surface area is 133 Å². The van der Waals surface area contributed by atoms with E-state index in [-0.39, 0.29) is 0 Å². The summed E-state index contributed by atoms with van der Waals surface area (Å²) < 4.78 is 17.3. The highest BCUT2D eigenvalue weighted by atomic mass is 32.5. The van der Waals surface area contributed by atoms with Crippen LogP contribution in [0.5, 0.6) is 0 Å². The molecular formula is C12H36N3OPSSi2. The zero-order valence-corrected chi connectivity index (χ0v) is 19.3. The maximum atomic E-state index is 12.1. The lowest BCUT2D eigenvalue weighted by Crippen LogP contribution is -2.30. The SMILES string of the molecule is CN(C)P(=O)(N(C)C)N(C)C.C[Si](C)(C)S[Si](C)(C)C. The van der Waals surface area contributed by atoms with Gasteiger partial charge in [0.15, 0.2) is 0 Å². The summed E-state index contributed by atoms with van der Waals surface area (Å²) in [6, 6.07) is 0. The molecule has 0 aliphatic carbocycles. The Morgan fingerprint density at radius 2 is 0.850 bits per heavy atom. The van der Waals surface area contributed by atoms with Crippen LogP contribution >= 0.6 is 18.3 Å². The second kappa shape index (κ2) is 8.51. The van der Waals surface area contributed by atoms with Crippen molar-refractivity contribution in [1.29, 1.82) is 0 Å². The van der Waals surface area contributed by atoms with Gasteiger partial charge in [0, 0.05) is 0 Å². The topological polar surface area (TPSA) is 26.8 Å². The minimum Gasteiger partial charge on any atom is -0.270 e. The first-order valence-corrected chi connectivity index (χ1v) is 17.7. The third-order valence-corrected chi connectivity index (χ3v) is 21.2. The molecule has 0 spiro atoms. The lowest BCUT2D eigenvalue weighted by molar-refractivity contribution is 0.383. The summed E-state index contributed by atoms with van der Waals surface area (Å²) in [4.78, 5) is 0. The molecule has 0 heterocycles. The number of nitrogens with zero attached hydrogens (tertiary/aromatic N) is 3. The lowest BCUT2D eigenvalue weighted by atomic mass is 11.2. The molecule has 0 atom stereocenters. The van der Waals surface area contributed by atoms with Gasteiger partial charge in [0.2, 0.25) is 0 Å². The molecule has 20 heavy (non-hydrogen) atoms. The molecule has 0 aromatic rings. The first kappa shape index (κ1) is 23.2. The van der Waals surface area contributed by atoms with Crippen molar-refractivity contribution in [2.75, 3.05) is 42.3 Å². The van der Waals surface area contributed by atoms with Crippen molar-refractivity contribution in [3.63, 3.8) is 0 Å².